The molecular weight excluding hydrogens is 256 g/mol. The minimum atomic E-state index is -0.270. The van der Waals surface area contributed by atoms with Gasteiger partial charge in [0.1, 0.15) is 6.04 Å². The van der Waals surface area contributed by atoms with Crippen LogP contribution in [0.1, 0.15) is 25.5 Å². The predicted molar refractivity (Wildman–Crippen MR) is 72.9 cm³/mol. The molecule has 1 amide bonds. The fraction of sp³-hybridized carbons (Fsp3) is 0.417. The zero-order valence-corrected chi connectivity index (χ0v) is 11.4. The van der Waals surface area contributed by atoms with Crippen molar-refractivity contribution in [1.29, 1.82) is 0 Å². The van der Waals surface area contributed by atoms with Crippen molar-refractivity contribution in [2.75, 3.05) is 17.6 Å². The molecule has 1 unspecified atom stereocenters. The van der Waals surface area contributed by atoms with Gasteiger partial charge in [-0.05, 0) is 24.4 Å². The monoisotopic (exact) mass is 270 g/mol. The molecule has 1 aromatic carbocycles. The Hall–Kier alpha value is -0.710. The van der Waals surface area contributed by atoms with Crippen molar-refractivity contribution in [1.82, 2.24) is 5.32 Å². The molecule has 0 spiro atoms. The summed E-state index contributed by atoms with van der Waals surface area (Å²) in [7, 11) is 0. The normalized spacial score (nSPS) is 18.1. The van der Waals surface area contributed by atoms with Crippen molar-refractivity contribution < 1.29 is 4.79 Å². The Morgan fingerprint density at radius 3 is 2.88 bits per heavy atom. The molecule has 0 saturated heterocycles. The molecule has 1 aliphatic rings. The number of fused-ring (bicyclic) bond motifs is 1. The van der Waals surface area contributed by atoms with Crippen molar-refractivity contribution in [2.45, 2.75) is 24.8 Å². The van der Waals surface area contributed by atoms with Gasteiger partial charge < -0.3 is 10.6 Å². The molecular formula is C12H15ClN2OS. The molecule has 17 heavy (non-hydrogen) atoms. The van der Waals surface area contributed by atoms with E-state index in [1.165, 1.54) is 0 Å². The molecule has 1 aliphatic heterocycles. The number of hydrogen-bond acceptors (Lipinski definition) is 3. The molecule has 3 nitrogen and oxygen atoms in total. The summed E-state index contributed by atoms with van der Waals surface area (Å²) < 4.78 is 0. The van der Waals surface area contributed by atoms with Gasteiger partial charge in [-0.3, -0.25) is 4.79 Å². The van der Waals surface area contributed by atoms with E-state index < -0.39 is 0 Å². The van der Waals surface area contributed by atoms with E-state index in [1.807, 2.05) is 19.1 Å². The van der Waals surface area contributed by atoms with Crippen molar-refractivity contribution in [2.24, 2.45) is 0 Å². The maximum atomic E-state index is 11.8. The second kappa shape index (κ2) is 5.29. The van der Waals surface area contributed by atoms with Crippen LogP contribution in [-0.4, -0.2) is 18.2 Å². The summed E-state index contributed by atoms with van der Waals surface area (Å²) in [6.07, 6.45) is 0. The van der Waals surface area contributed by atoms with Crippen LogP contribution in [0.2, 0.25) is 5.02 Å². The Morgan fingerprint density at radius 2 is 2.24 bits per heavy atom. The van der Waals surface area contributed by atoms with E-state index >= 15 is 0 Å². The number of benzene rings is 1. The van der Waals surface area contributed by atoms with Gasteiger partial charge in [0.15, 0.2) is 0 Å². The lowest BCUT2D eigenvalue weighted by Crippen LogP contribution is -2.27. The lowest BCUT2D eigenvalue weighted by atomic mass is 10.1. The number of carbonyl (C=O) groups is 1. The van der Waals surface area contributed by atoms with E-state index in [-0.39, 0.29) is 11.9 Å². The van der Waals surface area contributed by atoms with E-state index in [2.05, 4.69) is 17.6 Å². The van der Waals surface area contributed by atoms with Gasteiger partial charge in [-0.15, -0.1) is 11.8 Å². The number of likely N-dealkylation sites (N-methyl/N-ethyl adjacent to an activating group) is 1. The highest BCUT2D eigenvalue weighted by Crippen LogP contribution is 2.38. The van der Waals surface area contributed by atoms with Crippen molar-refractivity contribution in [3.63, 3.8) is 0 Å². The highest BCUT2D eigenvalue weighted by atomic mass is 35.5. The molecule has 2 rings (SSSR count). The second-order valence-electron chi connectivity index (χ2n) is 3.78. The first-order chi connectivity index (χ1) is 8.17. The first kappa shape index (κ1) is 12.7. The molecule has 0 radical (unpaired) electrons. The van der Waals surface area contributed by atoms with Gasteiger partial charge in [0, 0.05) is 16.1 Å². The lowest BCUT2D eigenvalue weighted by Gasteiger charge is -2.10. The summed E-state index contributed by atoms with van der Waals surface area (Å²) in [5, 5.41) is 6.75. The highest BCUT2D eigenvalue weighted by Gasteiger charge is 2.30. The van der Waals surface area contributed by atoms with Crippen LogP contribution >= 0.6 is 23.4 Å². The maximum Gasteiger partial charge on any atom is 0.246 e. The van der Waals surface area contributed by atoms with Crippen LogP contribution in [0.25, 0.3) is 0 Å². The van der Waals surface area contributed by atoms with Gasteiger partial charge in [0.25, 0.3) is 0 Å². The third-order valence-electron chi connectivity index (χ3n) is 2.64. The predicted octanol–water partition coefficient (Wildman–Crippen LogP) is 3.05. The Kier molecular flexibility index (Phi) is 3.97. The van der Waals surface area contributed by atoms with Crippen molar-refractivity contribution in [3.8, 4) is 0 Å². The third kappa shape index (κ3) is 2.44. The van der Waals surface area contributed by atoms with E-state index in [0.717, 1.165) is 33.5 Å². The third-order valence-corrected chi connectivity index (χ3v) is 4.01. The fourth-order valence-corrected chi connectivity index (χ4v) is 2.98. The number of anilines is 1. The number of halogens is 1. The van der Waals surface area contributed by atoms with E-state index in [9.17, 15) is 4.79 Å². The highest BCUT2D eigenvalue weighted by molar-refractivity contribution is 7.99. The zero-order valence-electron chi connectivity index (χ0n) is 9.84. The zero-order chi connectivity index (χ0) is 12.4. The Bertz CT molecular complexity index is 450. The first-order valence-corrected chi connectivity index (χ1v) is 7.04. The van der Waals surface area contributed by atoms with Crippen LogP contribution in [0, 0.1) is 0 Å². The Morgan fingerprint density at radius 1 is 1.47 bits per heavy atom. The summed E-state index contributed by atoms with van der Waals surface area (Å²) >= 11 is 7.89. The number of rotatable bonds is 4. The van der Waals surface area contributed by atoms with Gasteiger partial charge in [-0.1, -0.05) is 25.4 Å². The number of hydrogen-bond donors (Lipinski definition) is 2. The van der Waals surface area contributed by atoms with E-state index in [4.69, 9.17) is 11.6 Å². The van der Waals surface area contributed by atoms with E-state index in [0.29, 0.717) is 0 Å². The molecule has 5 heteroatoms. The summed E-state index contributed by atoms with van der Waals surface area (Å²) in [6.45, 7) is 4.81. The summed E-state index contributed by atoms with van der Waals surface area (Å²) in [6, 6.07) is 3.58. The average molecular weight is 271 g/mol. The molecule has 92 valence electrons. The van der Waals surface area contributed by atoms with Gasteiger partial charge >= 0.3 is 0 Å². The minimum Gasteiger partial charge on any atom is -0.324 e. The van der Waals surface area contributed by atoms with Crippen LogP contribution < -0.4 is 10.6 Å². The molecule has 1 heterocycles. The first-order valence-electron chi connectivity index (χ1n) is 5.67. The maximum absolute atomic E-state index is 11.8. The van der Waals surface area contributed by atoms with Crippen molar-refractivity contribution >= 4 is 35.0 Å². The van der Waals surface area contributed by atoms with Crippen molar-refractivity contribution in [3.05, 3.63) is 22.7 Å². The molecule has 1 aromatic rings. The van der Waals surface area contributed by atoms with Gasteiger partial charge in [-0.2, -0.15) is 0 Å². The molecule has 0 saturated carbocycles. The molecule has 0 bridgehead atoms. The summed E-state index contributed by atoms with van der Waals surface area (Å²) in [4.78, 5) is 12.8. The average Bonchev–Trinajstić information content (AvgIpc) is 2.57. The van der Waals surface area contributed by atoms with Gasteiger partial charge in [-0.25, -0.2) is 0 Å². The number of thioether (sulfide) groups is 1. The fourth-order valence-electron chi connectivity index (χ4n) is 1.93. The van der Waals surface area contributed by atoms with Gasteiger partial charge in [0.05, 0.1) is 5.02 Å². The molecule has 1 atom stereocenters. The standard InChI is InChI=1S/C12H15ClN2OS/c1-3-14-11-7-5-8(13)10(17-4-2)6-9(7)15-12(11)16/h5-6,11,14H,3-4H2,1-2H3,(H,15,16). The minimum absolute atomic E-state index is 0.00318. The molecule has 0 fully saturated rings. The topological polar surface area (TPSA) is 41.1 Å². The molecule has 0 aromatic heterocycles. The van der Waals surface area contributed by atoms with Crippen LogP contribution in [-0.2, 0) is 4.79 Å². The summed E-state index contributed by atoms with van der Waals surface area (Å²) in [5.41, 5.74) is 1.82. The second-order valence-corrected chi connectivity index (χ2v) is 5.50. The largest absolute Gasteiger partial charge is 0.324 e. The quantitative estimate of drug-likeness (QED) is 0.827. The van der Waals surface area contributed by atoms with Crippen LogP contribution in [0.15, 0.2) is 17.0 Å². The number of carbonyl (C=O) groups excluding carboxylic acids is 1. The summed E-state index contributed by atoms with van der Waals surface area (Å²) in [5.74, 6) is 0.958. The number of amides is 1. The SMILES string of the molecule is CCNC1C(=O)Nc2cc(SCC)c(Cl)cc21. The Balaban J connectivity index is 2.37. The smallest absolute Gasteiger partial charge is 0.246 e. The van der Waals surface area contributed by atoms with Crippen LogP contribution in [0.5, 0.6) is 0 Å². The number of nitrogens with one attached hydrogen (secondary N) is 2. The van der Waals surface area contributed by atoms with Crippen LogP contribution in [0.3, 0.4) is 0 Å². The van der Waals surface area contributed by atoms with Crippen LogP contribution in [0.4, 0.5) is 5.69 Å². The van der Waals surface area contributed by atoms with E-state index in [1.54, 1.807) is 11.8 Å². The Labute approximate surface area is 110 Å². The lowest BCUT2D eigenvalue weighted by molar-refractivity contribution is -0.117. The molecule has 2 N–H and O–H groups in total. The van der Waals surface area contributed by atoms with Gasteiger partial charge in [0.2, 0.25) is 5.91 Å². The molecule has 0 aliphatic carbocycles.